The van der Waals surface area contributed by atoms with Crippen LogP contribution in [0.15, 0.2) is 42.6 Å². The predicted molar refractivity (Wildman–Crippen MR) is 131 cm³/mol. The van der Waals surface area contributed by atoms with Gasteiger partial charge in [0.1, 0.15) is 35.8 Å². The molecule has 1 atom stereocenters. The summed E-state index contributed by atoms with van der Waals surface area (Å²) in [7, 11) is 1.60. The van der Waals surface area contributed by atoms with E-state index in [4.69, 9.17) is 25.8 Å². The van der Waals surface area contributed by atoms with Crippen molar-refractivity contribution in [2.75, 3.05) is 33.4 Å². The Morgan fingerprint density at radius 2 is 1.86 bits per heavy atom. The number of hydrogen-bond acceptors (Lipinski definition) is 6. The molecule has 2 fully saturated rings. The summed E-state index contributed by atoms with van der Waals surface area (Å²) in [6.45, 7) is 2.35. The highest BCUT2D eigenvalue weighted by Crippen LogP contribution is 2.47. The Balaban J connectivity index is 1.20. The summed E-state index contributed by atoms with van der Waals surface area (Å²) in [4.78, 5) is 19.9. The number of aromatic nitrogens is 1. The van der Waals surface area contributed by atoms with E-state index in [9.17, 15) is 13.6 Å². The third-order valence-electron chi connectivity index (χ3n) is 7.28. The minimum Gasteiger partial charge on any atom is -0.497 e. The zero-order valence-electron chi connectivity index (χ0n) is 19.9. The number of hydrogen-bond donors (Lipinski definition) is 0. The van der Waals surface area contributed by atoms with Crippen molar-refractivity contribution < 1.29 is 27.8 Å². The van der Waals surface area contributed by atoms with Crippen LogP contribution in [0, 0.1) is 17.0 Å². The number of piperidine rings is 1. The van der Waals surface area contributed by atoms with Crippen LogP contribution in [0.1, 0.15) is 37.4 Å². The van der Waals surface area contributed by atoms with E-state index < -0.39 is 23.2 Å². The topological polar surface area (TPSA) is 60.9 Å². The number of ether oxygens (including phenoxy) is 3. The van der Waals surface area contributed by atoms with E-state index in [2.05, 4.69) is 9.88 Å². The number of pyridine rings is 1. The van der Waals surface area contributed by atoms with E-state index in [0.29, 0.717) is 49.6 Å². The number of methoxy groups -OCH3 is 1. The Labute approximate surface area is 213 Å². The van der Waals surface area contributed by atoms with Gasteiger partial charge >= 0.3 is 5.97 Å². The Bertz CT molecular complexity index is 1260. The average molecular weight is 517 g/mol. The van der Waals surface area contributed by atoms with Crippen molar-refractivity contribution >= 4 is 28.5 Å². The molecule has 0 amide bonds. The molecule has 2 aromatic carbocycles. The Morgan fingerprint density at radius 3 is 2.56 bits per heavy atom. The molecule has 3 heterocycles. The fourth-order valence-electron chi connectivity index (χ4n) is 5.21. The number of carbonyl (C=O) groups excluding carboxylic acids is 1. The summed E-state index contributed by atoms with van der Waals surface area (Å²) >= 11 is 6.53. The maximum atomic E-state index is 13.3. The fourth-order valence-corrected chi connectivity index (χ4v) is 5.48. The lowest BCUT2D eigenvalue weighted by molar-refractivity contribution is -0.175. The van der Waals surface area contributed by atoms with Crippen molar-refractivity contribution in [2.24, 2.45) is 5.41 Å². The minimum absolute atomic E-state index is 0.169. The number of esters is 1. The molecule has 2 aliphatic heterocycles. The molecule has 5 rings (SSSR count). The number of fused-ring (bicyclic) bond motifs is 1. The molecule has 3 aromatic rings. The first-order valence-corrected chi connectivity index (χ1v) is 12.4. The van der Waals surface area contributed by atoms with Crippen LogP contribution in [0.3, 0.4) is 0 Å². The van der Waals surface area contributed by atoms with E-state index in [1.165, 1.54) is 0 Å². The lowest BCUT2D eigenvalue weighted by Crippen LogP contribution is -2.48. The summed E-state index contributed by atoms with van der Waals surface area (Å²) in [5, 5.41) is 1.29. The maximum absolute atomic E-state index is 13.3. The van der Waals surface area contributed by atoms with Gasteiger partial charge in [0.15, 0.2) is 0 Å². The van der Waals surface area contributed by atoms with Crippen molar-refractivity contribution in [3.8, 4) is 11.5 Å². The van der Waals surface area contributed by atoms with Crippen LogP contribution in [-0.4, -0.2) is 49.2 Å². The Hall–Kier alpha value is -2.97. The highest BCUT2D eigenvalue weighted by Gasteiger charge is 2.47. The normalized spacial score (nSPS) is 19.9. The smallest absolute Gasteiger partial charge is 0.312 e. The summed E-state index contributed by atoms with van der Waals surface area (Å²) < 4.78 is 43.6. The van der Waals surface area contributed by atoms with Gasteiger partial charge in [0, 0.05) is 41.9 Å². The molecule has 190 valence electrons. The highest BCUT2D eigenvalue weighted by molar-refractivity contribution is 6.32. The number of benzene rings is 2. The molecule has 2 aliphatic rings. The van der Waals surface area contributed by atoms with Crippen LogP contribution < -0.4 is 9.47 Å². The molecule has 1 unspecified atom stereocenters. The van der Waals surface area contributed by atoms with Crippen LogP contribution in [0.25, 0.3) is 10.9 Å². The fraction of sp³-hybridized carbons (Fsp3) is 0.407. The van der Waals surface area contributed by atoms with E-state index in [0.717, 1.165) is 47.8 Å². The van der Waals surface area contributed by atoms with Gasteiger partial charge in [-0.25, -0.2) is 8.78 Å². The summed E-state index contributed by atoms with van der Waals surface area (Å²) in [5.41, 5.74) is 1.03. The molecule has 1 aromatic heterocycles. The van der Waals surface area contributed by atoms with E-state index in [1.807, 2.05) is 18.2 Å². The van der Waals surface area contributed by atoms with Gasteiger partial charge in [-0.15, -0.1) is 0 Å². The Morgan fingerprint density at radius 1 is 1.11 bits per heavy atom. The quantitative estimate of drug-likeness (QED) is 0.391. The molecule has 0 radical (unpaired) electrons. The molecule has 36 heavy (non-hydrogen) atoms. The predicted octanol–water partition coefficient (Wildman–Crippen LogP) is 5.71. The number of nitrogens with zero attached hydrogens (tertiary/aromatic N) is 2. The molecular formula is C27H27ClF2N2O4. The SMILES string of the molecule is COc1ccc2ncc(Cl)c(C3CCC4(CCN(CCOc5cc(F)cc(F)c5)CC4)C(=O)O3)c2c1. The van der Waals surface area contributed by atoms with Crippen LogP contribution >= 0.6 is 11.6 Å². The first-order valence-electron chi connectivity index (χ1n) is 12.0. The second-order valence-electron chi connectivity index (χ2n) is 9.41. The number of rotatable bonds is 6. The van der Waals surface area contributed by atoms with Crippen LogP contribution in [0.2, 0.25) is 5.02 Å². The van der Waals surface area contributed by atoms with Gasteiger partial charge in [-0.3, -0.25) is 14.7 Å². The molecule has 9 heteroatoms. The van der Waals surface area contributed by atoms with Crippen molar-refractivity contribution in [3.05, 3.63) is 64.8 Å². The number of cyclic esters (lactones) is 1. The lowest BCUT2D eigenvalue weighted by Gasteiger charge is -2.44. The van der Waals surface area contributed by atoms with Crippen molar-refractivity contribution in [1.82, 2.24) is 9.88 Å². The van der Waals surface area contributed by atoms with Gasteiger partial charge in [0.25, 0.3) is 0 Å². The van der Waals surface area contributed by atoms with E-state index in [1.54, 1.807) is 13.3 Å². The zero-order valence-corrected chi connectivity index (χ0v) is 20.7. The minimum atomic E-state index is -0.667. The molecule has 1 spiro atoms. The van der Waals surface area contributed by atoms with Gasteiger partial charge in [-0.1, -0.05) is 11.6 Å². The van der Waals surface area contributed by atoms with Gasteiger partial charge in [-0.2, -0.15) is 0 Å². The third-order valence-corrected chi connectivity index (χ3v) is 7.58. The molecule has 0 aliphatic carbocycles. The van der Waals surface area contributed by atoms with Crippen LogP contribution in [0.4, 0.5) is 8.78 Å². The summed E-state index contributed by atoms with van der Waals surface area (Å²) in [5.74, 6) is -0.666. The first kappa shape index (κ1) is 24.7. The molecule has 0 saturated carbocycles. The second-order valence-corrected chi connectivity index (χ2v) is 9.82. The molecule has 0 bridgehead atoms. The standard InChI is InChI=1S/C27H27ClF2N2O4/c1-34-19-2-3-23-21(15-19)25(22(28)16-31-23)24-4-5-27(26(33)36-24)6-8-32(9-7-27)10-11-35-20-13-17(29)12-18(30)14-20/h2-3,12-16,24H,4-11H2,1H3. The number of halogens is 3. The maximum Gasteiger partial charge on any atom is 0.312 e. The molecule has 2 saturated heterocycles. The average Bonchev–Trinajstić information content (AvgIpc) is 2.86. The molecule has 0 N–H and O–H groups in total. The van der Waals surface area contributed by atoms with Crippen LogP contribution in [0.5, 0.6) is 11.5 Å². The molecule has 6 nitrogen and oxygen atoms in total. The van der Waals surface area contributed by atoms with Gasteiger partial charge in [0.2, 0.25) is 0 Å². The molecular weight excluding hydrogens is 490 g/mol. The van der Waals surface area contributed by atoms with Gasteiger partial charge < -0.3 is 14.2 Å². The largest absolute Gasteiger partial charge is 0.497 e. The monoisotopic (exact) mass is 516 g/mol. The second kappa shape index (κ2) is 10.2. The zero-order chi connectivity index (χ0) is 25.3. The van der Waals surface area contributed by atoms with Gasteiger partial charge in [0.05, 0.1) is 23.1 Å². The van der Waals surface area contributed by atoms with Crippen molar-refractivity contribution in [1.29, 1.82) is 0 Å². The van der Waals surface area contributed by atoms with Crippen LogP contribution in [-0.2, 0) is 9.53 Å². The lowest BCUT2D eigenvalue weighted by atomic mass is 9.72. The number of likely N-dealkylation sites (tertiary alicyclic amines) is 1. The highest BCUT2D eigenvalue weighted by atomic mass is 35.5. The summed E-state index contributed by atoms with van der Waals surface area (Å²) in [6.07, 6.45) is 3.93. The number of carbonyl (C=O) groups is 1. The van der Waals surface area contributed by atoms with E-state index >= 15 is 0 Å². The summed E-state index contributed by atoms with van der Waals surface area (Å²) in [6, 6.07) is 8.72. The van der Waals surface area contributed by atoms with Gasteiger partial charge in [-0.05, 0) is 57.0 Å². The Kier molecular flexibility index (Phi) is 6.99. The van der Waals surface area contributed by atoms with E-state index in [-0.39, 0.29) is 11.7 Å². The van der Waals surface area contributed by atoms with Crippen molar-refractivity contribution in [2.45, 2.75) is 31.8 Å². The first-order chi connectivity index (χ1) is 17.4. The van der Waals surface area contributed by atoms with Crippen molar-refractivity contribution in [3.63, 3.8) is 0 Å². The third kappa shape index (κ3) is 4.97.